The molecule has 5 heteroatoms. The van der Waals surface area contributed by atoms with Crippen molar-refractivity contribution in [2.75, 3.05) is 13.7 Å². The van der Waals surface area contributed by atoms with Crippen molar-refractivity contribution in [1.29, 1.82) is 0 Å². The zero-order valence-electron chi connectivity index (χ0n) is 9.41. The second-order valence-corrected chi connectivity index (χ2v) is 3.76. The van der Waals surface area contributed by atoms with Gasteiger partial charge in [0.25, 0.3) is 0 Å². The Balaban J connectivity index is 2.57. The molecule has 1 heterocycles. The first kappa shape index (κ1) is 12.0. The Labute approximate surface area is 97.2 Å². The molecular weight excluding hydrogens is 228 g/mol. The van der Waals surface area contributed by atoms with Crippen molar-refractivity contribution in [3.63, 3.8) is 0 Å². The summed E-state index contributed by atoms with van der Waals surface area (Å²) < 4.78 is 32.9. The third kappa shape index (κ3) is 2.16. The minimum Gasteiger partial charge on any atom is -0.390 e. The van der Waals surface area contributed by atoms with E-state index < -0.39 is 11.6 Å². The number of nitrogens with zero attached hydrogens (tertiary/aromatic N) is 1. The van der Waals surface area contributed by atoms with Gasteiger partial charge in [-0.25, -0.2) is 8.78 Å². The highest BCUT2D eigenvalue weighted by Crippen LogP contribution is 2.23. The van der Waals surface area contributed by atoms with E-state index in [-0.39, 0.29) is 6.61 Å². The number of ether oxygens (including phenoxy) is 1. The molecule has 0 saturated carbocycles. The number of fused-ring (bicyclic) bond motifs is 1. The fourth-order valence-corrected chi connectivity index (χ4v) is 1.89. The van der Waals surface area contributed by atoms with E-state index in [2.05, 4.69) is 0 Å². The Morgan fingerprint density at radius 3 is 2.59 bits per heavy atom. The van der Waals surface area contributed by atoms with Crippen LogP contribution in [0.5, 0.6) is 0 Å². The molecular formula is C12H13F2NO2. The van der Waals surface area contributed by atoms with E-state index in [0.29, 0.717) is 29.7 Å². The monoisotopic (exact) mass is 241 g/mol. The number of rotatable bonds is 4. The molecule has 1 N–H and O–H groups in total. The first-order valence-corrected chi connectivity index (χ1v) is 5.24. The topological polar surface area (TPSA) is 34.4 Å². The van der Waals surface area contributed by atoms with Gasteiger partial charge in [-0.3, -0.25) is 0 Å². The summed E-state index contributed by atoms with van der Waals surface area (Å²) in [4.78, 5) is 0. The van der Waals surface area contributed by atoms with Crippen LogP contribution in [0.15, 0.2) is 18.2 Å². The molecule has 0 aliphatic heterocycles. The molecule has 0 aliphatic carbocycles. The van der Waals surface area contributed by atoms with Crippen LogP contribution in [0, 0.1) is 11.6 Å². The van der Waals surface area contributed by atoms with Gasteiger partial charge in [-0.2, -0.15) is 0 Å². The van der Waals surface area contributed by atoms with Crippen LogP contribution in [0.4, 0.5) is 8.78 Å². The van der Waals surface area contributed by atoms with Crippen molar-refractivity contribution < 1.29 is 18.6 Å². The number of hydrogen-bond donors (Lipinski definition) is 1. The van der Waals surface area contributed by atoms with E-state index in [9.17, 15) is 13.9 Å². The molecule has 0 saturated heterocycles. The summed E-state index contributed by atoms with van der Waals surface area (Å²) in [7, 11) is 1.56. The smallest absolute Gasteiger partial charge is 0.160 e. The number of hydrogen-bond acceptors (Lipinski definition) is 2. The van der Waals surface area contributed by atoms with Crippen LogP contribution in [-0.2, 0) is 17.9 Å². The third-order valence-corrected chi connectivity index (χ3v) is 2.71. The third-order valence-electron chi connectivity index (χ3n) is 2.71. The van der Waals surface area contributed by atoms with Gasteiger partial charge in [-0.05, 0) is 12.1 Å². The van der Waals surface area contributed by atoms with E-state index in [1.165, 1.54) is 0 Å². The molecule has 2 aromatic rings. The van der Waals surface area contributed by atoms with Crippen LogP contribution >= 0.6 is 0 Å². The summed E-state index contributed by atoms with van der Waals surface area (Å²) in [6, 6.07) is 3.92. The molecule has 1 aromatic carbocycles. The number of benzene rings is 1. The van der Waals surface area contributed by atoms with Crippen molar-refractivity contribution in [2.24, 2.45) is 0 Å². The largest absolute Gasteiger partial charge is 0.390 e. The van der Waals surface area contributed by atoms with Gasteiger partial charge in [0, 0.05) is 30.8 Å². The van der Waals surface area contributed by atoms with Crippen LogP contribution < -0.4 is 0 Å². The fourth-order valence-electron chi connectivity index (χ4n) is 1.89. The van der Waals surface area contributed by atoms with Crippen LogP contribution in [-0.4, -0.2) is 23.4 Å². The van der Waals surface area contributed by atoms with Gasteiger partial charge in [-0.15, -0.1) is 0 Å². The number of aliphatic hydroxyl groups is 1. The Bertz CT molecular complexity index is 537. The maximum absolute atomic E-state index is 13.2. The molecule has 3 nitrogen and oxygen atoms in total. The zero-order valence-corrected chi connectivity index (χ0v) is 9.41. The van der Waals surface area contributed by atoms with Crippen molar-refractivity contribution in [3.8, 4) is 0 Å². The molecule has 0 unspecified atom stereocenters. The minimum absolute atomic E-state index is 0.179. The molecule has 0 atom stereocenters. The summed E-state index contributed by atoms with van der Waals surface area (Å²) in [6.45, 7) is 0.748. The Hall–Kier alpha value is -1.46. The van der Waals surface area contributed by atoms with Gasteiger partial charge in [0.1, 0.15) is 0 Å². The van der Waals surface area contributed by atoms with Gasteiger partial charge in [0.15, 0.2) is 11.6 Å². The van der Waals surface area contributed by atoms with E-state index >= 15 is 0 Å². The second kappa shape index (κ2) is 4.81. The SMILES string of the molecule is COCCn1c(CO)cc2cc(F)c(F)cc21. The van der Waals surface area contributed by atoms with Crippen molar-refractivity contribution in [1.82, 2.24) is 4.57 Å². The molecule has 2 rings (SSSR count). The van der Waals surface area contributed by atoms with E-state index in [0.717, 1.165) is 12.1 Å². The lowest BCUT2D eigenvalue weighted by molar-refractivity contribution is 0.184. The van der Waals surface area contributed by atoms with Crippen LogP contribution in [0.3, 0.4) is 0 Å². The average molecular weight is 241 g/mol. The highest BCUT2D eigenvalue weighted by Gasteiger charge is 2.11. The summed E-state index contributed by atoms with van der Waals surface area (Å²) in [5.74, 6) is -1.77. The Morgan fingerprint density at radius 1 is 1.24 bits per heavy atom. The minimum atomic E-state index is -0.890. The van der Waals surface area contributed by atoms with Gasteiger partial charge in [0.05, 0.1) is 18.7 Å². The summed E-state index contributed by atoms with van der Waals surface area (Å²) in [5.41, 5.74) is 1.17. The molecule has 0 fully saturated rings. The number of aromatic nitrogens is 1. The quantitative estimate of drug-likeness (QED) is 0.889. The maximum Gasteiger partial charge on any atom is 0.160 e. The molecule has 0 spiro atoms. The summed E-state index contributed by atoms with van der Waals surface area (Å²) >= 11 is 0. The lowest BCUT2D eigenvalue weighted by Crippen LogP contribution is -2.07. The number of halogens is 2. The first-order valence-electron chi connectivity index (χ1n) is 5.24. The standard InChI is InChI=1S/C12H13F2NO2/c1-17-3-2-15-9(7-16)4-8-5-10(13)11(14)6-12(8)15/h4-6,16H,2-3,7H2,1H3. The average Bonchev–Trinajstić information content (AvgIpc) is 2.64. The summed E-state index contributed by atoms with van der Waals surface area (Å²) in [5, 5.41) is 9.78. The highest BCUT2D eigenvalue weighted by molar-refractivity contribution is 5.81. The van der Waals surface area contributed by atoms with Gasteiger partial charge in [-0.1, -0.05) is 0 Å². The number of methoxy groups -OCH3 is 1. The highest BCUT2D eigenvalue weighted by atomic mass is 19.2. The van der Waals surface area contributed by atoms with E-state index in [4.69, 9.17) is 4.74 Å². The van der Waals surface area contributed by atoms with Gasteiger partial charge >= 0.3 is 0 Å². The molecule has 0 aliphatic rings. The van der Waals surface area contributed by atoms with Crippen LogP contribution in [0.1, 0.15) is 5.69 Å². The van der Waals surface area contributed by atoms with Crippen molar-refractivity contribution >= 4 is 10.9 Å². The van der Waals surface area contributed by atoms with Crippen molar-refractivity contribution in [3.05, 3.63) is 35.5 Å². The molecule has 0 radical (unpaired) electrons. The van der Waals surface area contributed by atoms with Gasteiger partial charge < -0.3 is 14.4 Å². The van der Waals surface area contributed by atoms with Crippen molar-refractivity contribution in [2.45, 2.75) is 13.2 Å². The normalized spacial score (nSPS) is 11.3. The van der Waals surface area contributed by atoms with E-state index in [1.54, 1.807) is 17.7 Å². The summed E-state index contributed by atoms with van der Waals surface area (Å²) in [6.07, 6.45) is 0. The first-order chi connectivity index (χ1) is 8.17. The Kier molecular flexibility index (Phi) is 3.40. The lowest BCUT2D eigenvalue weighted by atomic mass is 10.2. The molecule has 92 valence electrons. The number of aliphatic hydroxyl groups excluding tert-OH is 1. The maximum atomic E-state index is 13.2. The molecule has 1 aromatic heterocycles. The predicted molar refractivity (Wildman–Crippen MR) is 59.7 cm³/mol. The van der Waals surface area contributed by atoms with Crippen LogP contribution in [0.2, 0.25) is 0 Å². The lowest BCUT2D eigenvalue weighted by Gasteiger charge is -2.08. The Morgan fingerprint density at radius 2 is 1.94 bits per heavy atom. The fraction of sp³-hybridized carbons (Fsp3) is 0.333. The van der Waals surface area contributed by atoms with Crippen LogP contribution in [0.25, 0.3) is 10.9 Å². The molecule has 17 heavy (non-hydrogen) atoms. The second-order valence-electron chi connectivity index (χ2n) is 3.76. The zero-order chi connectivity index (χ0) is 12.4. The van der Waals surface area contributed by atoms with Gasteiger partial charge in [0.2, 0.25) is 0 Å². The molecule has 0 amide bonds. The molecule has 0 bridgehead atoms. The van der Waals surface area contributed by atoms with E-state index in [1.807, 2.05) is 0 Å². The predicted octanol–water partition coefficient (Wildman–Crippen LogP) is 2.06.